The van der Waals surface area contributed by atoms with Gasteiger partial charge in [-0.3, -0.25) is 0 Å². The lowest BCUT2D eigenvalue weighted by atomic mass is 10.2. The third-order valence-corrected chi connectivity index (χ3v) is 2.58. The Hall–Kier alpha value is -2.24. The molecule has 0 fully saturated rings. The fraction of sp³-hybridized carbons (Fsp3) is 0.176. The number of hydrogen-bond donors (Lipinski definition) is 1. The van der Waals surface area contributed by atoms with E-state index in [2.05, 4.69) is 29.3 Å². The van der Waals surface area contributed by atoms with Crippen LogP contribution < -0.4 is 10.1 Å². The van der Waals surface area contributed by atoms with Gasteiger partial charge >= 0.3 is 0 Å². The summed E-state index contributed by atoms with van der Waals surface area (Å²) in [5.41, 5.74) is 2.13. The van der Waals surface area contributed by atoms with E-state index < -0.39 is 0 Å². The quantitative estimate of drug-likeness (QED) is 0.844. The van der Waals surface area contributed by atoms with Crippen molar-refractivity contribution in [2.75, 3.05) is 13.6 Å². The van der Waals surface area contributed by atoms with Gasteiger partial charge in [0.1, 0.15) is 12.4 Å². The molecule has 2 nitrogen and oxygen atoms in total. The van der Waals surface area contributed by atoms with Crippen molar-refractivity contribution in [1.82, 2.24) is 5.32 Å². The molecule has 0 aliphatic rings. The Balaban J connectivity index is 1.98. The van der Waals surface area contributed by atoms with Gasteiger partial charge in [-0.15, -0.1) is 0 Å². The third kappa shape index (κ3) is 4.50. The van der Waals surface area contributed by atoms with Crippen LogP contribution in [0.1, 0.15) is 11.1 Å². The van der Waals surface area contributed by atoms with Gasteiger partial charge < -0.3 is 10.1 Å². The fourth-order valence-corrected chi connectivity index (χ4v) is 1.64. The van der Waals surface area contributed by atoms with E-state index in [9.17, 15) is 0 Å². The molecule has 2 rings (SSSR count). The number of rotatable bonds is 4. The van der Waals surface area contributed by atoms with Gasteiger partial charge in [0, 0.05) is 5.56 Å². The molecule has 2 aromatic carbocycles. The molecule has 0 aromatic heterocycles. The number of ether oxygens (including phenoxy) is 1. The minimum atomic E-state index is 0.578. The highest BCUT2D eigenvalue weighted by Gasteiger charge is 1.96. The molecule has 0 atom stereocenters. The summed E-state index contributed by atoms with van der Waals surface area (Å²) in [4.78, 5) is 0. The highest BCUT2D eigenvalue weighted by molar-refractivity contribution is 5.40. The lowest BCUT2D eigenvalue weighted by molar-refractivity contribution is 0.306. The van der Waals surface area contributed by atoms with Gasteiger partial charge in [-0.25, -0.2) is 0 Å². The second-order valence-electron chi connectivity index (χ2n) is 4.13. The summed E-state index contributed by atoms with van der Waals surface area (Å²) in [5.74, 6) is 6.97. The van der Waals surface area contributed by atoms with Crippen molar-refractivity contribution in [2.45, 2.75) is 6.61 Å². The maximum Gasteiger partial charge on any atom is 0.121 e. The molecule has 0 aliphatic heterocycles. The predicted octanol–water partition coefficient (Wildman–Crippen LogP) is 2.84. The van der Waals surface area contributed by atoms with Gasteiger partial charge in [0.2, 0.25) is 0 Å². The Labute approximate surface area is 114 Å². The summed E-state index contributed by atoms with van der Waals surface area (Å²) in [6.07, 6.45) is 0. The lowest BCUT2D eigenvalue weighted by Crippen LogP contribution is -2.04. The zero-order valence-electron chi connectivity index (χ0n) is 11.0. The van der Waals surface area contributed by atoms with Crippen molar-refractivity contribution in [1.29, 1.82) is 0 Å². The molecule has 0 saturated carbocycles. The molecule has 0 spiro atoms. The molecule has 1 N–H and O–H groups in total. The van der Waals surface area contributed by atoms with Crippen LogP contribution >= 0.6 is 0 Å². The summed E-state index contributed by atoms with van der Waals surface area (Å²) in [6, 6.07) is 18.0. The van der Waals surface area contributed by atoms with Crippen LogP contribution in [0.5, 0.6) is 5.75 Å². The van der Waals surface area contributed by atoms with E-state index in [0.717, 1.165) is 16.9 Å². The van der Waals surface area contributed by atoms with Gasteiger partial charge in [-0.1, -0.05) is 48.2 Å². The van der Waals surface area contributed by atoms with Crippen molar-refractivity contribution in [3.8, 4) is 17.6 Å². The van der Waals surface area contributed by atoms with E-state index in [1.165, 1.54) is 0 Å². The summed E-state index contributed by atoms with van der Waals surface area (Å²) in [5, 5.41) is 2.99. The Morgan fingerprint density at radius 1 is 1.05 bits per heavy atom. The molecule has 0 unspecified atom stereocenters. The SMILES string of the molecule is CNCC#Cc1cccc(OCc2ccccc2)c1. The van der Waals surface area contributed by atoms with Crippen molar-refractivity contribution < 1.29 is 4.74 Å². The van der Waals surface area contributed by atoms with Gasteiger partial charge in [0.25, 0.3) is 0 Å². The molecular formula is C17H17NO. The van der Waals surface area contributed by atoms with E-state index in [1.54, 1.807) is 0 Å². The second kappa shape index (κ2) is 7.25. The monoisotopic (exact) mass is 251 g/mol. The van der Waals surface area contributed by atoms with Crippen molar-refractivity contribution in [3.05, 3.63) is 65.7 Å². The zero-order chi connectivity index (χ0) is 13.3. The minimum Gasteiger partial charge on any atom is -0.489 e. The summed E-state index contributed by atoms with van der Waals surface area (Å²) < 4.78 is 5.76. The predicted molar refractivity (Wildman–Crippen MR) is 78.0 cm³/mol. The first kappa shape index (κ1) is 13.2. The summed E-state index contributed by atoms with van der Waals surface area (Å²) in [6.45, 7) is 1.27. The summed E-state index contributed by atoms with van der Waals surface area (Å²) in [7, 11) is 1.88. The van der Waals surface area contributed by atoms with Gasteiger partial charge in [-0.2, -0.15) is 0 Å². The van der Waals surface area contributed by atoms with Crippen LogP contribution in [-0.2, 0) is 6.61 Å². The van der Waals surface area contributed by atoms with Crippen molar-refractivity contribution >= 4 is 0 Å². The first-order valence-electron chi connectivity index (χ1n) is 6.29. The molecule has 2 heteroatoms. The van der Waals surface area contributed by atoms with E-state index in [-0.39, 0.29) is 0 Å². The molecule has 0 saturated heterocycles. The number of nitrogens with one attached hydrogen (secondary N) is 1. The Kier molecular flexibility index (Phi) is 5.04. The average molecular weight is 251 g/mol. The zero-order valence-corrected chi connectivity index (χ0v) is 11.0. The van der Waals surface area contributed by atoms with E-state index >= 15 is 0 Å². The topological polar surface area (TPSA) is 21.3 Å². The third-order valence-electron chi connectivity index (χ3n) is 2.58. The van der Waals surface area contributed by atoms with Crippen molar-refractivity contribution in [2.24, 2.45) is 0 Å². The Bertz CT molecular complexity index is 567. The first-order chi connectivity index (χ1) is 9.38. The van der Waals surface area contributed by atoms with Gasteiger partial charge in [0.05, 0.1) is 6.54 Å². The van der Waals surface area contributed by atoms with Crippen LogP contribution in [0.2, 0.25) is 0 Å². The van der Waals surface area contributed by atoms with E-state index in [1.807, 2.05) is 49.5 Å². The molecular weight excluding hydrogens is 234 g/mol. The second-order valence-corrected chi connectivity index (χ2v) is 4.13. The van der Waals surface area contributed by atoms with Gasteiger partial charge in [0.15, 0.2) is 0 Å². The van der Waals surface area contributed by atoms with Crippen LogP contribution in [0.25, 0.3) is 0 Å². The molecule has 0 aliphatic carbocycles. The molecule has 0 heterocycles. The lowest BCUT2D eigenvalue weighted by Gasteiger charge is -2.06. The van der Waals surface area contributed by atoms with Crippen LogP contribution in [0.3, 0.4) is 0 Å². The standard InChI is InChI=1S/C17H17NO/c1-18-12-6-10-15-9-5-11-17(13-15)19-14-16-7-3-2-4-8-16/h2-5,7-9,11,13,18H,12,14H2,1H3. The van der Waals surface area contributed by atoms with E-state index in [0.29, 0.717) is 13.2 Å². The summed E-state index contributed by atoms with van der Waals surface area (Å²) >= 11 is 0. The van der Waals surface area contributed by atoms with Crippen molar-refractivity contribution in [3.63, 3.8) is 0 Å². The molecule has 0 radical (unpaired) electrons. The maximum atomic E-state index is 5.76. The van der Waals surface area contributed by atoms with Crippen LogP contribution in [-0.4, -0.2) is 13.6 Å². The van der Waals surface area contributed by atoms with Crippen LogP contribution in [0, 0.1) is 11.8 Å². The molecule has 0 amide bonds. The van der Waals surface area contributed by atoms with Crippen LogP contribution in [0.4, 0.5) is 0 Å². The first-order valence-corrected chi connectivity index (χ1v) is 6.29. The normalized spacial score (nSPS) is 9.53. The largest absolute Gasteiger partial charge is 0.489 e. The maximum absolute atomic E-state index is 5.76. The molecule has 0 bridgehead atoms. The van der Waals surface area contributed by atoms with Crippen LogP contribution in [0.15, 0.2) is 54.6 Å². The molecule has 2 aromatic rings. The number of hydrogen-bond acceptors (Lipinski definition) is 2. The Morgan fingerprint density at radius 3 is 2.68 bits per heavy atom. The number of benzene rings is 2. The highest BCUT2D eigenvalue weighted by Crippen LogP contribution is 2.14. The highest BCUT2D eigenvalue weighted by atomic mass is 16.5. The Morgan fingerprint density at radius 2 is 1.89 bits per heavy atom. The molecule has 19 heavy (non-hydrogen) atoms. The fourth-order valence-electron chi connectivity index (χ4n) is 1.64. The smallest absolute Gasteiger partial charge is 0.121 e. The van der Waals surface area contributed by atoms with Gasteiger partial charge in [-0.05, 0) is 30.8 Å². The average Bonchev–Trinajstić information content (AvgIpc) is 2.47. The molecule has 96 valence electrons. The minimum absolute atomic E-state index is 0.578. The van der Waals surface area contributed by atoms with E-state index in [4.69, 9.17) is 4.74 Å².